The molecule has 0 unspecified atom stereocenters. The Labute approximate surface area is 177 Å². The monoisotopic (exact) mass is 423 g/mol. The molecule has 0 aliphatic heterocycles. The number of benzene rings is 3. The van der Waals surface area contributed by atoms with Crippen molar-refractivity contribution in [1.82, 2.24) is 4.98 Å². The summed E-state index contributed by atoms with van der Waals surface area (Å²) in [6.07, 6.45) is 1.72. The maximum atomic E-state index is 5.94. The van der Waals surface area contributed by atoms with Gasteiger partial charge in [-0.2, -0.15) is 5.10 Å². The van der Waals surface area contributed by atoms with Crippen LogP contribution >= 0.6 is 22.9 Å². The first-order valence-corrected chi connectivity index (χ1v) is 10.1. The molecular formula is C22H18ClN3O2S. The number of nitrogens with one attached hydrogen (secondary N) is 1. The summed E-state index contributed by atoms with van der Waals surface area (Å²) in [5.41, 5.74) is 5.84. The summed E-state index contributed by atoms with van der Waals surface area (Å²) in [7, 11) is 1.62. The summed E-state index contributed by atoms with van der Waals surface area (Å²) in [5.74, 6) is 1.31. The minimum atomic E-state index is 0.415. The van der Waals surface area contributed by atoms with Gasteiger partial charge in [-0.05, 0) is 53.6 Å². The van der Waals surface area contributed by atoms with Crippen molar-refractivity contribution in [2.75, 3.05) is 12.5 Å². The molecule has 1 heterocycles. The van der Waals surface area contributed by atoms with E-state index < -0.39 is 0 Å². The molecule has 5 nitrogen and oxygen atoms in total. The first-order chi connectivity index (χ1) is 14.2. The van der Waals surface area contributed by atoms with E-state index in [2.05, 4.69) is 15.5 Å². The van der Waals surface area contributed by atoms with Crippen LogP contribution in [0.1, 0.15) is 11.1 Å². The van der Waals surface area contributed by atoms with E-state index >= 15 is 0 Å². The third-order valence-electron chi connectivity index (χ3n) is 4.16. The molecule has 0 spiro atoms. The van der Waals surface area contributed by atoms with Gasteiger partial charge < -0.3 is 9.47 Å². The van der Waals surface area contributed by atoms with E-state index in [4.69, 9.17) is 21.1 Å². The highest BCUT2D eigenvalue weighted by molar-refractivity contribution is 7.22. The lowest BCUT2D eigenvalue weighted by atomic mass is 10.2. The van der Waals surface area contributed by atoms with E-state index in [0.29, 0.717) is 23.1 Å². The Hall–Kier alpha value is -3.09. The topological polar surface area (TPSA) is 55.7 Å². The number of ether oxygens (including phenoxy) is 2. The van der Waals surface area contributed by atoms with Gasteiger partial charge in [0.25, 0.3) is 0 Å². The number of aromatic nitrogens is 1. The molecule has 1 aromatic heterocycles. The molecule has 0 atom stereocenters. The molecule has 0 amide bonds. The van der Waals surface area contributed by atoms with Crippen molar-refractivity contribution in [2.24, 2.45) is 5.10 Å². The van der Waals surface area contributed by atoms with Gasteiger partial charge in [0.1, 0.15) is 6.61 Å². The normalized spacial score (nSPS) is 11.1. The Morgan fingerprint density at radius 2 is 1.90 bits per heavy atom. The molecule has 0 aliphatic carbocycles. The molecule has 0 saturated carbocycles. The van der Waals surface area contributed by atoms with E-state index in [0.717, 1.165) is 26.5 Å². The standard InChI is InChI=1S/C22H18ClN3O2S/c1-27-19-11-8-16(12-20(19)28-14-15-6-9-17(23)10-7-15)13-24-26-22-25-18-4-2-3-5-21(18)29-22/h2-13H,14H2,1H3,(H,25,26)/b24-13+. The quantitative estimate of drug-likeness (QED) is 0.293. The molecule has 0 aliphatic rings. The lowest BCUT2D eigenvalue weighted by Gasteiger charge is -2.11. The van der Waals surface area contributed by atoms with Gasteiger partial charge in [-0.15, -0.1) is 0 Å². The van der Waals surface area contributed by atoms with Crippen LogP contribution in [0, 0.1) is 0 Å². The Balaban J connectivity index is 1.45. The molecular weight excluding hydrogens is 406 g/mol. The third kappa shape index (κ3) is 4.85. The fraction of sp³-hybridized carbons (Fsp3) is 0.0909. The third-order valence-corrected chi connectivity index (χ3v) is 5.36. The molecule has 0 bridgehead atoms. The highest BCUT2D eigenvalue weighted by Crippen LogP contribution is 2.29. The molecule has 3 aromatic carbocycles. The zero-order chi connectivity index (χ0) is 20.1. The van der Waals surface area contributed by atoms with Crippen molar-refractivity contribution in [3.63, 3.8) is 0 Å². The largest absolute Gasteiger partial charge is 0.493 e. The van der Waals surface area contributed by atoms with Gasteiger partial charge in [0.15, 0.2) is 11.5 Å². The fourth-order valence-corrected chi connectivity index (χ4v) is 3.65. The summed E-state index contributed by atoms with van der Waals surface area (Å²) < 4.78 is 12.5. The molecule has 29 heavy (non-hydrogen) atoms. The number of hydrazone groups is 1. The van der Waals surface area contributed by atoms with Gasteiger partial charge in [-0.3, -0.25) is 5.43 Å². The minimum absolute atomic E-state index is 0.415. The molecule has 0 fully saturated rings. The van der Waals surface area contributed by atoms with Crippen molar-refractivity contribution >= 4 is 44.5 Å². The van der Waals surface area contributed by atoms with E-state index in [9.17, 15) is 0 Å². The average molecular weight is 424 g/mol. The zero-order valence-corrected chi connectivity index (χ0v) is 17.2. The second kappa shape index (κ2) is 8.94. The van der Waals surface area contributed by atoms with Crippen molar-refractivity contribution in [1.29, 1.82) is 0 Å². The number of para-hydroxylation sites is 1. The summed E-state index contributed by atoms with van der Waals surface area (Å²) >= 11 is 7.49. The SMILES string of the molecule is COc1ccc(/C=N/Nc2nc3ccccc3s2)cc1OCc1ccc(Cl)cc1. The molecule has 4 aromatic rings. The van der Waals surface area contributed by atoms with Gasteiger partial charge in [0.05, 0.1) is 23.5 Å². The maximum Gasteiger partial charge on any atom is 0.204 e. The number of rotatable bonds is 7. The second-order valence-electron chi connectivity index (χ2n) is 6.18. The van der Waals surface area contributed by atoms with Gasteiger partial charge >= 0.3 is 0 Å². The van der Waals surface area contributed by atoms with Crippen LogP contribution in [0.2, 0.25) is 5.02 Å². The average Bonchev–Trinajstić information content (AvgIpc) is 3.16. The van der Waals surface area contributed by atoms with Crippen LogP contribution in [-0.4, -0.2) is 18.3 Å². The Bertz CT molecular complexity index is 1110. The summed E-state index contributed by atoms with van der Waals surface area (Å²) in [6, 6.07) is 21.2. The van der Waals surface area contributed by atoms with Crippen LogP contribution in [0.15, 0.2) is 71.8 Å². The van der Waals surface area contributed by atoms with Gasteiger partial charge in [-0.25, -0.2) is 4.98 Å². The summed E-state index contributed by atoms with van der Waals surface area (Å²) in [6.45, 7) is 0.415. The van der Waals surface area contributed by atoms with E-state index in [1.807, 2.05) is 66.7 Å². The lowest BCUT2D eigenvalue weighted by Crippen LogP contribution is -1.99. The van der Waals surface area contributed by atoms with Crippen LogP contribution in [-0.2, 0) is 6.61 Å². The van der Waals surface area contributed by atoms with E-state index in [-0.39, 0.29) is 0 Å². The maximum absolute atomic E-state index is 5.94. The molecule has 0 saturated heterocycles. The number of halogens is 1. The van der Waals surface area contributed by atoms with Crippen molar-refractivity contribution in [3.05, 3.63) is 82.9 Å². The van der Waals surface area contributed by atoms with Crippen LogP contribution in [0.25, 0.3) is 10.2 Å². The number of hydrogen-bond acceptors (Lipinski definition) is 6. The van der Waals surface area contributed by atoms with Crippen molar-refractivity contribution in [2.45, 2.75) is 6.61 Å². The Kier molecular flexibility index (Phi) is 5.93. The summed E-state index contributed by atoms with van der Waals surface area (Å²) in [5, 5.41) is 5.74. The number of fused-ring (bicyclic) bond motifs is 1. The predicted octanol–water partition coefficient (Wildman–Crippen LogP) is 5.98. The molecule has 7 heteroatoms. The number of thiazole rings is 1. The molecule has 0 radical (unpaired) electrons. The van der Waals surface area contributed by atoms with Gasteiger partial charge in [0.2, 0.25) is 5.13 Å². The number of hydrogen-bond donors (Lipinski definition) is 1. The van der Waals surface area contributed by atoms with Crippen LogP contribution in [0.3, 0.4) is 0 Å². The van der Waals surface area contributed by atoms with Gasteiger partial charge in [-0.1, -0.05) is 47.2 Å². The first-order valence-electron chi connectivity index (χ1n) is 8.91. The fourth-order valence-electron chi connectivity index (χ4n) is 2.71. The zero-order valence-electron chi connectivity index (χ0n) is 15.6. The van der Waals surface area contributed by atoms with E-state index in [1.54, 1.807) is 24.7 Å². The Morgan fingerprint density at radius 3 is 2.69 bits per heavy atom. The molecule has 1 N–H and O–H groups in total. The number of nitrogens with zero attached hydrogens (tertiary/aromatic N) is 2. The first kappa shape index (κ1) is 19.2. The predicted molar refractivity (Wildman–Crippen MR) is 120 cm³/mol. The number of anilines is 1. The summed E-state index contributed by atoms with van der Waals surface area (Å²) in [4.78, 5) is 4.50. The Morgan fingerprint density at radius 1 is 1.07 bits per heavy atom. The van der Waals surface area contributed by atoms with Gasteiger partial charge in [0, 0.05) is 5.02 Å². The van der Waals surface area contributed by atoms with Crippen LogP contribution < -0.4 is 14.9 Å². The lowest BCUT2D eigenvalue weighted by molar-refractivity contribution is 0.284. The number of methoxy groups -OCH3 is 1. The smallest absolute Gasteiger partial charge is 0.204 e. The second-order valence-corrected chi connectivity index (χ2v) is 7.65. The minimum Gasteiger partial charge on any atom is -0.493 e. The van der Waals surface area contributed by atoms with Crippen LogP contribution in [0.4, 0.5) is 5.13 Å². The van der Waals surface area contributed by atoms with Crippen molar-refractivity contribution < 1.29 is 9.47 Å². The molecule has 4 rings (SSSR count). The van der Waals surface area contributed by atoms with Crippen molar-refractivity contribution in [3.8, 4) is 11.5 Å². The highest BCUT2D eigenvalue weighted by Gasteiger charge is 2.06. The van der Waals surface area contributed by atoms with Crippen LogP contribution in [0.5, 0.6) is 11.5 Å². The molecule has 146 valence electrons. The highest BCUT2D eigenvalue weighted by atomic mass is 35.5. The van der Waals surface area contributed by atoms with E-state index in [1.165, 1.54) is 0 Å².